The van der Waals surface area contributed by atoms with E-state index in [0.29, 0.717) is 5.92 Å². The van der Waals surface area contributed by atoms with E-state index in [9.17, 15) is 15.0 Å². The van der Waals surface area contributed by atoms with Crippen LogP contribution in [0.5, 0.6) is 0 Å². The lowest BCUT2D eigenvalue weighted by Crippen LogP contribution is -2.38. The predicted molar refractivity (Wildman–Crippen MR) is 35.3 cm³/mol. The van der Waals surface area contributed by atoms with Gasteiger partial charge in [0.15, 0.2) is 0 Å². The van der Waals surface area contributed by atoms with Crippen molar-refractivity contribution < 1.29 is 15.0 Å². The molecule has 0 saturated heterocycles. The minimum Gasteiger partial charge on any atom is -0.550 e. The summed E-state index contributed by atoms with van der Waals surface area (Å²) in [5, 5.41) is 19.9. The molecule has 0 amide bonds. The Morgan fingerprint density at radius 1 is 1.36 bits per heavy atom. The third-order valence-electron chi connectivity index (χ3n) is 3.08. The number of hydrogen-bond donors (Lipinski definition) is 1. The largest absolute Gasteiger partial charge is 0.550 e. The lowest BCUT2D eigenvalue weighted by atomic mass is 9.87. The first kappa shape index (κ1) is 7.10. The molecule has 2 aliphatic rings. The lowest BCUT2D eigenvalue weighted by Gasteiger charge is -2.26. The topological polar surface area (TPSA) is 60.4 Å². The monoisotopic (exact) mass is 155 g/mol. The number of aliphatic carboxylic acids is 1. The highest BCUT2D eigenvalue weighted by atomic mass is 16.4. The van der Waals surface area contributed by atoms with E-state index in [1.807, 2.05) is 0 Å². The summed E-state index contributed by atoms with van der Waals surface area (Å²) in [6, 6.07) is 0. The minimum atomic E-state index is -0.976. The average Bonchev–Trinajstić information content (AvgIpc) is 2.43. The fourth-order valence-electron chi connectivity index (χ4n) is 2.58. The van der Waals surface area contributed by atoms with E-state index < -0.39 is 5.97 Å². The van der Waals surface area contributed by atoms with Gasteiger partial charge < -0.3 is 15.0 Å². The Labute approximate surface area is 65.0 Å². The zero-order chi connectivity index (χ0) is 8.01. The number of rotatable bonds is 1. The van der Waals surface area contributed by atoms with Gasteiger partial charge in [0.2, 0.25) is 0 Å². The molecular formula is C8H11O3-. The van der Waals surface area contributed by atoms with E-state index in [1.165, 1.54) is 0 Å². The highest BCUT2D eigenvalue weighted by molar-refractivity contribution is 5.68. The molecule has 11 heavy (non-hydrogen) atoms. The van der Waals surface area contributed by atoms with Gasteiger partial charge in [0.05, 0.1) is 6.10 Å². The molecule has 2 aliphatic carbocycles. The SMILES string of the molecule is O=C([O-])[C@@H]1C[C@@H]2C[C@H]1[C@H](O)C2. The van der Waals surface area contributed by atoms with Crippen LogP contribution >= 0.6 is 0 Å². The Kier molecular flexibility index (Phi) is 1.42. The van der Waals surface area contributed by atoms with Crippen molar-refractivity contribution >= 4 is 5.97 Å². The molecule has 3 nitrogen and oxygen atoms in total. The first-order valence-electron chi connectivity index (χ1n) is 4.07. The number of carbonyl (C=O) groups excluding carboxylic acids is 1. The van der Waals surface area contributed by atoms with Crippen LogP contribution in [0.2, 0.25) is 0 Å². The van der Waals surface area contributed by atoms with Crippen LogP contribution in [0.4, 0.5) is 0 Å². The number of hydrogen-bond acceptors (Lipinski definition) is 3. The van der Waals surface area contributed by atoms with Gasteiger partial charge in [-0.15, -0.1) is 0 Å². The first-order valence-corrected chi connectivity index (χ1v) is 4.07. The van der Waals surface area contributed by atoms with E-state index in [4.69, 9.17) is 0 Å². The van der Waals surface area contributed by atoms with Crippen molar-refractivity contribution in [1.29, 1.82) is 0 Å². The van der Waals surface area contributed by atoms with E-state index in [0.717, 1.165) is 19.3 Å². The van der Waals surface area contributed by atoms with Crippen molar-refractivity contribution in [3.63, 3.8) is 0 Å². The molecule has 4 atom stereocenters. The lowest BCUT2D eigenvalue weighted by molar-refractivity contribution is -0.314. The van der Waals surface area contributed by atoms with Gasteiger partial charge in [-0.3, -0.25) is 0 Å². The van der Waals surface area contributed by atoms with Gasteiger partial charge in [-0.05, 0) is 31.1 Å². The molecule has 0 spiro atoms. The van der Waals surface area contributed by atoms with Crippen LogP contribution in [0.1, 0.15) is 19.3 Å². The highest BCUT2D eigenvalue weighted by Crippen LogP contribution is 2.48. The molecule has 62 valence electrons. The summed E-state index contributed by atoms with van der Waals surface area (Å²) in [5.74, 6) is -0.914. The van der Waals surface area contributed by atoms with Crippen molar-refractivity contribution in [1.82, 2.24) is 0 Å². The van der Waals surface area contributed by atoms with E-state index in [2.05, 4.69) is 0 Å². The number of aliphatic hydroxyl groups excluding tert-OH is 1. The average molecular weight is 155 g/mol. The summed E-state index contributed by atoms with van der Waals surface area (Å²) in [6.45, 7) is 0. The summed E-state index contributed by atoms with van der Waals surface area (Å²) in [7, 11) is 0. The first-order chi connectivity index (χ1) is 5.18. The quantitative estimate of drug-likeness (QED) is 0.536. The van der Waals surface area contributed by atoms with Gasteiger partial charge in [0, 0.05) is 11.9 Å². The molecular weight excluding hydrogens is 144 g/mol. The van der Waals surface area contributed by atoms with Crippen molar-refractivity contribution in [2.24, 2.45) is 17.8 Å². The van der Waals surface area contributed by atoms with E-state index in [1.54, 1.807) is 0 Å². The Morgan fingerprint density at radius 3 is 2.45 bits per heavy atom. The second kappa shape index (κ2) is 2.21. The maximum atomic E-state index is 10.5. The van der Waals surface area contributed by atoms with Gasteiger partial charge in [0.1, 0.15) is 0 Å². The molecule has 2 rings (SSSR count). The highest BCUT2D eigenvalue weighted by Gasteiger charge is 2.45. The summed E-state index contributed by atoms with van der Waals surface area (Å²) < 4.78 is 0. The molecule has 0 aromatic rings. The normalized spacial score (nSPS) is 48.1. The zero-order valence-corrected chi connectivity index (χ0v) is 6.19. The maximum absolute atomic E-state index is 10.5. The second-order valence-corrected chi connectivity index (χ2v) is 3.73. The maximum Gasteiger partial charge on any atom is 0.0577 e. The van der Waals surface area contributed by atoms with Crippen LogP contribution in [-0.4, -0.2) is 17.2 Å². The van der Waals surface area contributed by atoms with E-state index in [-0.39, 0.29) is 17.9 Å². The molecule has 0 aliphatic heterocycles. The molecule has 3 heteroatoms. The Balaban J connectivity index is 2.12. The summed E-state index contributed by atoms with van der Waals surface area (Å²) in [4.78, 5) is 10.5. The van der Waals surface area contributed by atoms with Crippen LogP contribution in [0, 0.1) is 17.8 Å². The van der Waals surface area contributed by atoms with E-state index >= 15 is 0 Å². The molecule has 0 radical (unpaired) electrons. The Hall–Kier alpha value is -0.570. The van der Waals surface area contributed by atoms with Crippen molar-refractivity contribution in [2.45, 2.75) is 25.4 Å². The Bertz CT molecular complexity index is 190. The van der Waals surface area contributed by atoms with Gasteiger partial charge in [-0.2, -0.15) is 0 Å². The van der Waals surface area contributed by atoms with Gasteiger partial charge in [0.25, 0.3) is 0 Å². The summed E-state index contributed by atoms with van der Waals surface area (Å²) >= 11 is 0. The fourth-order valence-corrected chi connectivity index (χ4v) is 2.58. The molecule has 1 N–H and O–H groups in total. The van der Waals surface area contributed by atoms with Gasteiger partial charge >= 0.3 is 0 Å². The van der Waals surface area contributed by atoms with Gasteiger partial charge in [-0.25, -0.2) is 0 Å². The summed E-state index contributed by atoms with van der Waals surface area (Å²) in [5.41, 5.74) is 0. The van der Waals surface area contributed by atoms with Crippen molar-refractivity contribution in [2.75, 3.05) is 0 Å². The number of carboxylic acid groups (broad SMARTS) is 1. The molecule has 2 saturated carbocycles. The number of carbonyl (C=O) groups is 1. The third-order valence-corrected chi connectivity index (χ3v) is 3.08. The molecule has 0 unspecified atom stereocenters. The molecule has 0 aromatic heterocycles. The van der Waals surface area contributed by atoms with Crippen molar-refractivity contribution in [3.8, 4) is 0 Å². The Morgan fingerprint density at radius 2 is 2.09 bits per heavy atom. The smallest absolute Gasteiger partial charge is 0.0577 e. The van der Waals surface area contributed by atoms with Crippen LogP contribution in [0.3, 0.4) is 0 Å². The minimum absolute atomic E-state index is 0.00926. The number of carboxylic acids is 1. The van der Waals surface area contributed by atoms with Gasteiger partial charge in [-0.1, -0.05) is 0 Å². The second-order valence-electron chi connectivity index (χ2n) is 3.73. The molecule has 0 heterocycles. The van der Waals surface area contributed by atoms with Crippen LogP contribution in [0.15, 0.2) is 0 Å². The molecule has 2 bridgehead atoms. The fraction of sp³-hybridized carbons (Fsp3) is 0.875. The number of fused-ring (bicyclic) bond motifs is 2. The molecule has 0 aromatic carbocycles. The standard InChI is InChI=1S/C8H12O3/c9-7-3-4-1-5(7)6(2-4)8(10)11/h4-7,9H,1-3H2,(H,10,11)/p-1/t4-,5+,6+,7+/m0/s1. The zero-order valence-electron chi connectivity index (χ0n) is 6.19. The summed E-state index contributed by atoms with van der Waals surface area (Å²) in [6.07, 6.45) is 2.04. The van der Waals surface area contributed by atoms with Crippen LogP contribution in [-0.2, 0) is 4.79 Å². The molecule has 2 fully saturated rings. The number of aliphatic hydroxyl groups is 1. The van der Waals surface area contributed by atoms with Crippen LogP contribution < -0.4 is 5.11 Å². The van der Waals surface area contributed by atoms with Crippen LogP contribution in [0.25, 0.3) is 0 Å². The predicted octanol–water partition coefficient (Wildman–Crippen LogP) is -0.857. The third kappa shape index (κ3) is 0.948. The van der Waals surface area contributed by atoms with Crippen molar-refractivity contribution in [3.05, 3.63) is 0 Å².